The van der Waals surface area contributed by atoms with Crippen LogP contribution in [0.25, 0.3) is 0 Å². The van der Waals surface area contributed by atoms with Crippen molar-refractivity contribution in [3.8, 4) is 0 Å². The van der Waals surface area contributed by atoms with Gasteiger partial charge in [-0.15, -0.1) is 0 Å². The van der Waals surface area contributed by atoms with Crippen molar-refractivity contribution in [2.24, 2.45) is 0 Å². The van der Waals surface area contributed by atoms with Crippen LogP contribution >= 0.6 is 0 Å². The van der Waals surface area contributed by atoms with Crippen molar-refractivity contribution in [2.75, 3.05) is 21.1 Å². The Morgan fingerprint density at radius 2 is 1.90 bits per heavy atom. The molecule has 0 saturated carbocycles. The Kier molecular flexibility index (Phi) is 9.61. The van der Waals surface area contributed by atoms with Gasteiger partial charge < -0.3 is 4.90 Å². The summed E-state index contributed by atoms with van der Waals surface area (Å²) in [6, 6.07) is 0. The first-order valence-corrected chi connectivity index (χ1v) is 7.32. The van der Waals surface area contributed by atoms with Crippen LogP contribution in [0.4, 0.5) is 0 Å². The van der Waals surface area contributed by atoms with Gasteiger partial charge in [-0.3, -0.25) is 0 Å². The molecule has 1 aliphatic rings. The Labute approximate surface area is 130 Å². The number of hydrogen-bond donors (Lipinski definition) is 0. The smallest absolute Gasteiger partial charge is 0.168 e. The van der Waals surface area contributed by atoms with Crippen LogP contribution in [0.3, 0.4) is 0 Å². The van der Waals surface area contributed by atoms with Crippen molar-refractivity contribution >= 4 is 6.72 Å². The second kappa shape index (κ2) is 10.7. The third kappa shape index (κ3) is 8.64. The van der Waals surface area contributed by atoms with Crippen LogP contribution in [-0.2, 0) is 0 Å². The Balaban J connectivity index is 0.00000191. The van der Waals surface area contributed by atoms with Crippen LogP contribution in [0.5, 0.6) is 0 Å². The third-order valence-electron chi connectivity index (χ3n) is 2.68. The Hall–Kier alpha value is -2.09. The molecule has 2 heteroatoms. The molecule has 0 heterocycles. The van der Waals surface area contributed by atoms with Crippen LogP contribution in [0.15, 0.2) is 72.2 Å². The van der Waals surface area contributed by atoms with Crippen LogP contribution in [-0.4, -0.2) is 37.3 Å². The maximum atomic E-state index is 3.98. The predicted octanol–water partition coefficient (Wildman–Crippen LogP) is 4.31. The van der Waals surface area contributed by atoms with Gasteiger partial charge in [0.15, 0.2) is 6.20 Å². The van der Waals surface area contributed by atoms with Gasteiger partial charge in [0.25, 0.3) is 0 Å². The van der Waals surface area contributed by atoms with Gasteiger partial charge in [-0.1, -0.05) is 44.7 Å². The standard InChI is InChI=1S/C17H23N2.C2H6/c1-15(13-14-18(2)3)9-10-16-7-6-8-17(12-11-16)19(4)5;1-2/h6,8-14H,1-2,7H2,3-5H3;1-2H3/q+1;/b10-9+,14-13-;. The highest BCUT2D eigenvalue weighted by Gasteiger charge is 1.98. The van der Waals surface area contributed by atoms with E-state index in [1.807, 2.05) is 53.3 Å². The first-order chi connectivity index (χ1) is 9.99. The maximum Gasteiger partial charge on any atom is 0.168 e. The molecular weight excluding hydrogens is 256 g/mol. The molecule has 0 saturated heterocycles. The quantitative estimate of drug-likeness (QED) is 0.414. The van der Waals surface area contributed by atoms with Gasteiger partial charge in [0, 0.05) is 25.9 Å². The van der Waals surface area contributed by atoms with Crippen LogP contribution in [0.2, 0.25) is 0 Å². The van der Waals surface area contributed by atoms with E-state index in [4.69, 9.17) is 0 Å². The second-order valence-corrected chi connectivity index (χ2v) is 4.82. The van der Waals surface area contributed by atoms with Crippen molar-refractivity contribution in [1.29, 1.82) is 0 Å². The van der Waals surface area contributed by atoms with Crippen LogP contribution < -0.4 is 0 Å². The zero-order valence-electron chi connectivity index (χ0n) is 14.1. The normalized spacial score (nSPS) is 14.1. The molecule has 0 bridgehead atoms. The summed E-state index contributed by atoms with van der Waals surface area (Å²) in [6.07, 6.45) is 17.5. The van der Waals surface area contributed by atoms with Gasteiger partial charge in [0.05, 0.1) is 0 Å². The molecule has 0 fully saturated rings. The average Bonchev–Trinajstić information content (AvgIpc) is 2.70. The molecule has 1 rings (SSSR count). The van der Waals surface area contributed by atoms with Gasteiger partial charge in [0.2, 0.25) is 0 Å². The largest absolute Gasteiger partial charge is 0.378 e. The van der Waals surface area contributed by atoms with E-state index in [9.17, 15) is 0 Å². The molecule has 0 aromatic heterocycles. The molecule has 0 amide bonds. The fraction of sp³-hybridized carbons (Fsp3) is 0.316. The Morgan fingerprint density at radius 1 is 1.24 bits per heavy atom. The summed E-state index contributed by atoms with van der Waals surface area (Å²) in [7, 11) is 5.99. The lowest BCUT2D eigenvalue weighted by molar-refractivity contribution is -0.412. The number of nitrogens with zero attached hydrogens (tertiary/aromatic N) is 2. The SMILES string of the molecule is C=C(/C=C\[N+](=C)C)/C=C/C1=CC=C(N(C)C)C=CC1.CC. The van der Waals surface area contributed by atoms with E-state index in [1.165, 1.54) is 11.3 Å². The topological polar surface area (TPSA) is 6.25 Å². The number of rotatable bonds is 5. The zero-order chi connectivity index (χ0) is 16.3. The molecule has 0 aliphatic heterocycles. The fourth-order valence-corrected chi connectivity index (χ4v) is 1.55. The predicted molar refractivity (Wildman–Crippen MR) is 95.7 cm³/mol. The van der Waals surface area contributed by atoms with Gasteiger partial charge in [0.1, 0.15) is 13.8 Å². The molecule has 1 aliphatic carbocycles. The van der Waals surface area contributed by atoms with Crippen molar-refractivity contribution in [1.82, 2.24) is 4.90 Å². The number of allylic oxidation sites excluding steroid dienone is 9. The van der Waals surface area contributed by atoms with E-state index >= 15 is 0 Å². The maximum absolute atomic E-state index is 3.98. The summed E-state index contributed by atoms with van der Waals surface area (Å²) < 4.78 is 1.75. The molecule has 0 N–H and O–H groups in total. The zero-order valence-corrected chi connectivity index (χ0v) is 14.1. The molecule has 0 radical (unpaired) electrons. The summed E-state index contributed by atoms with van der Waals surface area (Å²) in [5.74, 6) is 0. The van der Waals surface area contributed by atoms with Crippen molar-refractivity contribution in [2.45, 2.75) is 20.3 Å². The van der Waals surface area contributed by atoms with E-state index in [-0.39, 0.29) is 0 Å². The minimum Gasteiger partial charge on any atom is -0.378 e. The van der Waals surface area contributed by atoms with Crippen molar-refractivity contribution in [3.05, 3.63) is 72.2 Å². The van der Waals surface area contributed by atoms with E-state index in [0.717, 1.165) is 12.0 Å². The molecule has 2 nitrogen and oxygen atoms in total. The second-order valence-electron chi connectivity index (χ2n) is 4.82. The minimum absolute atomic E-state index is 0.941. The van der Waals surface area contributed by atoms with Gasteiger partial charge >= 0.3 is 0 Å². The molecule has 0 aromatic carbocycles. The van der Waals surface area contributed by atoms with Gasteiger partial charge in [-0.05, 0) is 29.7 Å². The molecule has 21 heavy (non-hydrogen) atoms. The average molecular weight is 285 g/mol. The lowest BCUT2D eigenvalue weighted by atomic mass is 10.1. The summed E-state index contributed by atoms with van der Waals surface area (Å²) in [6.45, 7) is 11.7. The Morgan fingerprint density at radius 3 is 2.48 bits per heavy atom. The van der Waals surface area contributed by atoms with Crippen LogP contribution in [0, 0.1) is 0 Å². The van der Waals surface area contributed by atoms with E-state index in [2.05, 4.69) is 48.6 Å². The highest BCUT2D eigenvalue weighted by molar-refractivity contribution is 5.38. The highest BCUT2D eigenvalue weighted by Crippen LogP contribution is 2.14. The highest BCUT2D eigenvalue weighted by atomic mass is 15.1. The molecule has 0 unspecified atom stereocenters. The van der Waals surface area contributed by atoms with Gasteiger partial charge in [-0.25, -0.2) is 4.58 Å². The summed E-state index contributed by atoms with van der Waals surface area (Å²) in [4.78, 5) is 2.10. The molecular formula is C19H29N2+. The molecule has 0 spiro atoms. The van der Waals surface area contributed by atoms with Crippen LogP contribution in [0.1, 0.15) is 20.3 Å². The lowest BCUT2D eigenvalue weighted by Gasteiger charge is -2.11. The number of hydrogen-bond acceptors (Lipinski definition) is 1. The Bertz CT molecular complexity index is 498. The molecule has 114 valence electrons. The first kappa shape index (κ1) is 18.9. The summed E-state index contributed by atoms with van der Waals surface area (Å²) in [5, 5.41) is 0. The number of likely N-dealkylation sites (N-methyl/N-ethyl adjacent to an activating group) is 1. The summed E-state index contributed by atoms with van der Waals surface area (Å²) in [5.41, 5.74) is 3.44. The van der Waals surface area contributed by atoms with Crippen molar-refractivity contribution < 1.29 is 4.58 Å². The third-order valence-corrected chi connectivity index (χ3v) is 2.68. The fourth-order valence-electron chi connectivity index (χ4n) is 1.55. The monoisotopic (exact) mass is 285 g/mol. The lowest BCUT2D eigenvalue weighted by Crippen LogP contribution is -2.08. The van der Waals surface area contributed by atoms with E-state index in [0.29, 0.717) is 0 Å². The van der Waals surface area contributed by atoms with Gasteiger partial charge in [-0.2, -0.15) is 0 Å². The van der Waals surface area contributed by atoms with E-state index < -0.39 is 0 Å². The van der Waals surface area contributed by atoms with E-state index in [1.54, 1.807) is 4.58 Å². The molecule has 0 aromatic rings. The summed E-state index contributed by atoms with van der Waals surface area (Å²) >= 11 is 0. The molecule has 0 atom stereocenters. The van der Waals surface area contributed by atoms with Crippen molar-refractivity contribution in [3.63, 3.8) is 0 Å². The first-order valence-electron chi connectivity index (χ1n) is 7.32. The minimum atomic E-state index is 0.941.